The Morgan fingerprint density at radius 1 is 1.45 bits per heavy atom. The molecule has 0 radical (unpaired) electrons. The van der Waals surface area contributed by atoms with Crippen LogP contribution in [0.1, 0.15) is 21.9 Å². The Hall–Kier alpha value is -2.47. The highest BCUT2D eigenvalue weighted by Gasteiger charge is 2.20. The number of oxazole rings is 1. The molecule has 104 valence electrons. The molecular formula is C14H16N4O2. The number of hydrogen-bond acceptors (Lipinski definition) is 5. The van der Waals surface area contributed by atoms with Crippen LogP contribution >= 0.6 is 0 Å². The molecule has 0 fully saturated rings. The summed E-state index contributed by atoms with van der Waals surface area (Å²) < 4.78 is 5.52. The maximum absolute atomic E-state index is 12.1. The monoisotopic (exact) mass is 272 g/mol. The molecule has 0 unspecified atom stereocenters. The number of nitrogens with two attached hydrogens (primary N) is 1. The molecule has 0 aliphatic rings. The third kappa shape index (κ3) is 2.92. The summed E-state index contributed by atoms with van der Waals surface area (Å²) in [6, 6.07) is 7.59. The van der Waals surface area contributed by atoms with Crippen LogP contribution in [0.25, 0.3) is 11.3 Å². The first-order chi connectivity index (χ1) is 9.51. The number of amides is 1. The van der Waals surface area contributed by atoms with E-state index in [1.807, 2.05) is 31.2 Å². The zero-order valence-electron chi connectivity index (χ0n) is 11.4. The number of carbonyl (C=O) groups is 1. The fourth-order valence-electron chi connectivity index (χ4n) is 1.81. The Balaban J connectivity index is 2.40. The molecule has 20 heavy (non-hydrogen) atoms. The Labute approximate surface area is 116 Å². The molecule has 1 heterocycles. The average molecular weight is 272 g/mol. The molecule has 0 saturated carbocycles. The lowest BCUT2D eigenvalue weighted by molar-refractivity contribution is 0.0972. The highest BCUT2D eigenvalue weighted by Crippen LogP contribution is 2.25. The van der Waals surface area contributed by atoms with Crippen molar-refractivity contribution in [2.24, 2.45) is 5.73 Å². The maximum atomic E-state index is 12.1. The van der Waals surface area contributed by atoms with Gasteiger partial charge < -0.3 is 15.5 Å². The second kappa shape index (κ2) is 5.66. The first-order valence-corrected chi connectivity index (χ1v) is 6.14. The molecule has 2 aromatic rings. The summed E-state index contributed by atoms with van der Waals surface area (Å²) in [4.78, 5) is 16.2. The summed E-state index contributed by atoms with van der Waals surface area (Å²) in [5.74, 6) is 0.235. The number of aromatic nitrogens is 1. The van der Waals surface area contributed by atoms with Gasteiger partial charge >= 0.3 is 0 Å². The van der Waals surface area contributed by atoms with Crippen LogP contribution < -0.4 is 11.1 Å². The summed E-state index contributed by atoms with van der Waals surface area (Å²) in [6.07, 6.45) is 0. The first-order valence-electron chi connectivity index (χ1n) is 6.14. The number of benzene rings is 1. The van der Waals surface area contributed by atoms with Crippen molar-refractivity contribution < 1.29 is 9.21 Å². The van der Waals surface area contributed by atoms with Crippen molar-refractivity contribution in [3.63, 3.8) is 0 Å². The van der Waals surface area contributed by atoms with Crippen LogP contribution in [-0.4, -0.2) is 23.3 Å². The molecule has 6 heteroatoms. The summed E-state index contributed by atoms with van der Waals surface area (Å²) in [5, 5.41) is 9.80. The fourth-order valence-corrected chi connectivity index (χ4v) is 1.81. The quantitative estimate of drug-likeness (QED) is 0.583. The van der Waals surface area contributed by atoms with Crippen LogP contribution in [-0.2, 0) is 0 Å². The number of rotatable bonds is 3. The van der Waals surface area contributed by atoms with E-state index in [0.29, 0.717) is 11.7 Å². The van der Waals surface area contributed by atoms with Gasteiger partial charge in [0.1, 0.15) is 5.84 Å². The number of nitrogens with zero attached hydrogens (tertiary/aromatic N) is 1. The van der Waals surface area contributed by atoms with E-state index in [-0.39, 0.29) is 18.1 Å². The zero-order chi connectivity index (χ0) is 14.7. The minimum absolute atomic E-state index is 0.0393. The molecule has 0 atom stereocenters. The molecule has 2 rings (SSSR count). The average Bonchev–Trinajstić information content (AvgIpc) is 2.81. The second-order valence-electron chi connectivity index (χ2n) is 4.42. The standard InChI is InChI=1S/C14H16N4O2/c1-8-4-3-5-10(6-8)13-12(17-9(2)20-13)14(19)18-11(16)7-15/h3-6H,7,15H2,1-2H3,(H2,16,18,19). The Kier molecular flexibility index (Phi) is 3.95. The van der Waals surface area contributed by atoms with Gasteiger partial charge in [-0.2, -0.15) is 0 Å². The van der Waals surface area contributed by atoms with Crippen molar-refractivity contribution in [2.45, 2.75) is 13.8 Å². The Morgan fingerprint density at radius 2 is 2.20 bits per heavy atom. The Bertz CT molecular complexity index is 661. The van der Waals surface area contributed by atoms with Crippen molar-refractivity contribution in [1.82, 2.24) is 10.3 Å². The van der Waals surface area contributed by atoms with Crippen molar-refractivity contribution in [3.05, 3.63) is 41.4 Å². The largest absolute Gasteiger partial charge is 0.440 e. The fraction of sp³-hybridized carbons (Fsp3) is 0.214. The predicted octanol–water partition coefficient (Wildman–Crippen LogP) is 1.62. The van der Waals surface area contributed by atoms with Crippen molar-refractivity contribution in [1.29, 1.82) is 5.41 Å². The molecular weight excluding hydrogens is 256 g/mol. The number of nitrogens with one attached hydrogen (secondary N) is 2. The zero-order valence-corrected chi connectivity index (χ0v) is 11.4. The van der Waals surface area contributed by atoms with Crippen molar-refractivity contribution in [2.75, 3.05) is 6.54 Å². The number of carbonyl (C=O) groups excluding carboxylic acids is 1. The van der Waals surface area contributed by atoms with E-state index in [4.69, 9.17) is 15.6 Å². The van der Waals surface area contributed by atoms with Crippen LogP contribution in [0.5, 0.6) is 0 Å². The van der Waals surface area contributed by atoms with Gasteiger partial charge in [-0.05, 0) is 13.0 Å². The molecule has 0 bridgehead atoms. The predicted molar refractivity (Wildman–Crippen MR) is 75.7 cm³/mol. The molecule has 4 N–H and O–H groups in total. The number of amidine groups is 1. The van der Waals surface area contributed by atoms with Crippen LogP contribution in [0.15, 0.2) is 28.7 Å². The van der Waals surface area contributed by atoms with Crippen LogP contribution in [0.3, 0.4) is 0 Å². The Morgan fingerprint density at radius 3 is 2.85 bits per heavy atom. The van der Waals surface area contributed by atoms with E-state index >= 15 is 0 Å². The molecule has 0 spiro atoms. The van der Waals surface area contributed by atoms with E-state index in [0.717, 1.165) is 11.1 Å². The van der Waals surface area contributed by atoms with Gasteiger partial charge in [-0.1, -0.05) is 23.8 Å². The summed E-state index contributed by atoms with van der Waals surface area (Å²) >= 11 is 0. The van der Waals surface area contributed by atoms with Gasteiger partial charge in [-0.3, -0.25) is 10.2 Å². The van der Waals surface area contributed by atoms with Gasteiger partial charge in [0.05, 0.1) is 6.54 Å². The van der Waals surface area contributed by atoms with Gasteiger partial charge in [0.15, 0.2) is 17.3 Å². The lowest BCUT2D eigenvalue weighted by atomic mass is 10.1. The van der Waals surface area contributed by atoms with Gasteiger partial charge in [-0.25, -0.2) is 4.98 Å². The number of aryl methyl sites for hydroxylation is 2. The molecule has 0 aliphatic carbocycles. The number of hydrogen-bond donors (Lipinski definition) is 3. The van der Waals surface area contributed by atoms with Gasteiger partial charge in [0, 0.05) is 12.5 Å². The van der Waals surface area contributed by atoms with Gasteiger partial charge in [0.2, 0.25) is 0 Å². The maximum Gasteiger partial charge on any atom is 0.279 e. The first kappa shape index (κ1) is 14.0. The topological polar surface area (TPSA) is 105 Å². The van der Waals surface area contributed by atoms with E-state index in [2.05, 4.69) is 10.3 Å². The molecule has 1 aromatic carbocycles. The van der Waals surface area contributed by atoms with Crippen molar-refractivity contribution in [3.8, 4) is 11.3 Å². The third-order valence-electron chi connectivity index (χ3n) is 2.70. The van der Waals surface area contributed by atoms with E-state index in [1.165, 1.54) is 0 Å². The lowest BCUT2D eigenvalue weighted by Crippen LogP contribution is -2.35. The third-order valence-corrected chi connectivity index (χ3v) is 2.70. The lowest BCUT2D eigenvalue weighted by Gasteiger charge is -2.04. The molecule has 1 aromatic heterocycles. The van der Waals surface area contributed by atoms with Crippen LogP contribution in [0.2, 0.25) is 0 Å². The summed E-state index contributed by atoms with van der Waals surface area (Å²) in [6.45, 7) is 3.59. The minimum atomic E-state index is -0.492. The molecule has 6 nitrogen and oxygen atoms in total. The highest BCUT2D eigenvalue weighted by molar-refractivity contribution is 6.07. The van der Waals surface area contributed by atoms with Crippen LogP contribution in [0, 0.1) is 19.3 Å². The summed E-state index contributed by atoms with van der Waals surface area (Å²) in [7, 11) is 0. The second-order valence-corrected chi connectivity index (χ2v) is 4.42. The highest BCUT2D eigenvalue weighted by atomic mass is 16.4. The molecule has 0 aliphatic heterocycles. The van der Waals surface area contributed by atoms with E-state index in [9.17, 15) is 4.79 Å². The van der Waals surface area contributed by atoms with Crippen molar-refractivity contribution >= 4 is 11.7 Å². The van der Waals surface area contributed by atoms with Crippen LogP contribution in [0.4, 0.5) is 0 Å². The van der Waals surface area contributed by atoms with Gasteiger partial charge in [-0.15, -0.1) is 0 Å². The molecule has 1 amide bonds. The van der Waals surface area contributed by atoms with E-state index in [1.54, 1.807) is 6.92 Å². The summed E-state index contributed by atoms with van der Waals surface area (Å²) in [5.41, 5.74) is 7.27. The SMILES string of the molecule is Cc1cccc(-c2oc(C)nc2C(=O)NC(=N)CN)c1. The molecule has 0 saturated heterocycles. The normalized spacial score (nSPS) is 10.3. The minimum Gasteiger partial charge on any atom is -0.440 e. The van der Waals surface area contributed by atoms with Gasteiger partial charge in [0.25, 0.3) is 5.91 Å². The smallest absolute Gasteiger partial charge is 0.279 e. The van der Waals surface area contributed by atoms with E-state index < -0.39 is 5.91 Å².